The van der Waals surface area contributed by atoms with Gasteiger partial charge >= 0.3 is 0 Å². The highest BCUT2D eigenvalue weighted by molar-refractivity contribution is 6.00. The first-order valence-corrected chi connectivity index (χ1v) is 14.0. The van der Waals surface area contributed by atoms with Gasteiger partial charge in [-0.2, -0.15) is 0 Å². The zero-order valence-electron chi connectivity index (χ0n) is 23.0. The van der Waals surface area contributed by atoms with Gasteiger partial charge in [0.05, 0.1) is 11.4 Å². The lowest BCUT2D eigenvalue weighted by Crippen LogP contribution is -2.12. The highest BCUT2D eigenvalue weighted by Gasteiger charge is 2.18. The number of rotatable bonds is 6. The van der Waals surface area contributed by atoms with Crippen molar-refractivity contribution in [3.05, 3.63) is 169 Å². The van der Waals surface area contributed by atoms with Crippen LogP contribution in [0.25, 0.3) is 21.5 Å². The molecule has 0 heterocycles. The molecule has 2 heteroatoms. The summed E-state index contributed by atoms with van der Waals surface area (Å²) in [5.41, 5.74) is 8.06. The van der Waals surface area contributed by atoms with Crippen LogP contribution in [0, 0.1) is 6.92 Å². The van der Waals surface area contributed by atoms with Crippen LogP contribution in [0.3, 0.4) is 0 Å². The summed E-state index contributed by atoms with van der Waals surface area (Å²) in [4.78, 5) is 4.70. The number of hydrogen-bond acceptors (Lipinski definition) is 2. The van der Waals surface area contributed by atoms with E-state index in [0.717, 1.165) is 34.1 Å². The third-order valence-corrected chi connectivity index (χ3v) is 7.66. The van der Waals surface area contributed by atoms with Gasteiger partial charge in [0, 0.05) is 33.5 Å². The second-order valence-electron chi connectivity index (χ2n) is 10.4. The predicted molar refractivity (Wildman–Crippen MR) is 176 cm³/mol. The Morgan fingerprint density at radius 2 is 0.780 bits per heavy atom. The van der Waals surface area contributed by atoms with Gasteiger partial charge < -0.3 is 9.80 Å². The molecule has 7 aromatic carbocycles. The Bertz CT molecular complexity index is 1940. The predicted octanol–water partition coefficient (Wildman–Crippen LogP) is 11.2. The molecule has 0 bridgehead atoms. The summed E-state index contributed by atoms with van der Waals surface area (Å²) in [6.45, 7) is 2.15. The minimum Gasteiger partial charge on any atom is -0.310 e. The van der Waals surface area contributed by atoms with Crippen molar-refractivity contribution in [3.63, 3.8) is 0 Å². The summed E-state index contributed by atoms with van der Waals surface area (Å²) in [5, 5.41) is 4.92. The van der Waals surface area contributed by atoms with E-state index in [1.165, 1.54) is 27.1 Å². The number of aryl methyl sites for hydroxylation is 1. The molecule has 0 saturated heterocycles. The van der Waals surface area contributed by atoms with Gasteiger partial charge in [-0.25, -0.2) is 0 Å². The van der Waals surface area contributed by atoms with Gasteiger partial charge in [-0.3, -0.25) is 0 Å². The van der Waals surface area contributed by atoms with Gasteiger partial charge in [0.2, 0.25) is 0 Å². The zero-order chi connectivity index (χ0) is 27.6. The quantitative estimate of drug-likeness (QED) is 0.213. The molecule has 0 N–H and O–H groups in total. The summed E-state index contributed by atoms with van der Waals surface area (Å²) in [6.07, 6.45) is 0. The first-order valence-electron chi connectivity index (χ1n) is 14.0. The van der Waals surface area contributed by atoms with E-state index in [1.54, 1.807) is 0 Å². The zero-order valence-corrected chi connectivity index (χ0v) is 23.0. The molecule has 7 rings (SSSR count). The molecule has 2 nitrogen and oxygen atoms in total. The number of fused-ring (bicyclic) bond motifs is 2. The van der Waals surface area contributed by atoms with E-state index < -0.39 is 0 Å². The second-order valence-corrected chi connectivity index (χ2v) is 10.4. The Labute approximate surface area is 241 Å². The Hall–Kier alpha value is -5.34. The molecule has 0 spiro atoms. The maximum absolute atomic E-state index is 2.35. The molecule has 0 aliphatic rings. The molecule has 0 aromatic heterocycles. The minimum absolute atomic E-state index is 1.11. The van der Waals surface area contributed by atoms with E-state index in [-0.39, 0.29) is 0 Å². The van der Waals surface area contributed by atoms with Crippen LogP contribution in [0.2, 0.25) is 0 Å². The van der Waals surface area contributed by atoms with Crippen molar-refractivity contribution in [3.8, 4) is 0 Å². The molecule has 7 aromatic rings. The average molecular weight is 527 g/mol. The third-order valence-electron chi connectivity index (χ3n) is 7.66. The number of anilines is 6. The molecule has 0 amide bonds. The molecular formula is C39H30N2. The van der Waals surface area contributed by atoms with Crippen LogP contribution in [0.4, 0.5) is 34.1 Å². The fraction of sp³-hybridized carbons (Fsp3) is 0.0256. The number of hydrogen-bond donors (Lipinski definition) is 0. The Morgan fingerprint density at radius 1 is 0.341 bits per heavy atom. The van der Waals surface area contributed by atoms with Gasteiger partial charge in [0.15, 0.2) is 0 Å². The van der Waals surface area contributed by atoms with Crippen LogP contribution >= 0.6 is 0 Å². The fourth-order valence-electron chi connectivity index (χ4n) is 5.74. The molecular weight excluding hydrogens is 496 g/mol. The highest BCUT2D eigenvalue weighted by atomic mass is 15.2. The summed E-state index contributed by atoms with van der Waals surface area (Å²) in [6, 6.07) is 58.5. The van der Waals surface area contributed by atoms with Crippen molar-refractivity contribution >= 4 is 55.7 Å². The third kappa shape index (κ3) is 4.70. The van der Waals surface area contributed by atoms with E-state index >= 15 is 0 Å². The van der Waals surface area contributed by atoms with E-state index in [1.807, 2.05) is 0 Å². The lowest BCUT2D eigenvalue weighted by molar-refractivity contribution is 1.27. The first-order chi connectivity index (χ1) is 20.3. The summed E-state index contributed by atoms with van der Waals surface area (Å²) >= 11 is 0. The van der Waals surface area contributed by atoms with Crippen LogP contribution in [0.5, 0.6) is 0 Å². The van der Waals surface area contributed by atoms with Gasteiger partial charge in [-0.1, -0.05) is 109 Å². The lowest BCUT2D eigenvalue weighted by Gasteiger charge is -2.29. The first kappa shape index (κ1) is 24.7. The Balaban J connectivity index is 1.38. The minimum atomic E-state index is 1.11. The number of benzene rings is 7. The van der Waals surface area contributed by atoms with Crippen LogP contribution in [-0.4, -0.2) is 0 Å². The standard InChI is InChI=1S/C39H30N2/c1-29-22-27-37-31(28-29)14-11-21-39(37)41(33-17-6-3-7-18-33)35-25-23-34(24-26-35)40(32-15-4-2-5-16-32)38-20-10-13-30-12-8-9-19-36(30)38/h2-28H,1H3. The Kier molecular flexibility index (Phi) is 6.42. The Morgan fingerprint density at radius 3 is 1.37 bits per heavy atom. The van der Waals surface area contributed by atoms with Crippen molar-refractivity contribution in [2.75, 3.05) is 9.80 Å². The molecule has 0 atom stereocenters. The van der Waals surface area contributed by atoms with Crippen molar-refractivity contribution < 1.29 is 0 Å². The van der Waals surface area contributed by atoms with Crippen LogP contribution in [-0.2, 0) is 0 Å². The van der Waals surface area contributed by atoms with Crippen molar-refractivity contribution in [2.24, 2.45) is 0 Å². The molecule has 0 saturated carbocycles. The molecule has 0 aliphatic heterocycles. The van der Waals surface area contributed by atoms with E-state index in [2.05, 4.69) is 181 Å². The highest BCUT2D eigenvalue weighted by Crippen LogP contribution is 2.42. The maximum Gasteiger partial charge on any atom is 0.0540 e. The molecule has 41 heavy (non-hydrogen) atoms. The van der Waals surface area contributed by atoms with E-state index in [0.29, 0.717) is 0 Å². The number of para-hydroxylation sites is 2. The lowest BCUT2D eigenvalue weighted by atomic mass is 10.0. The van der Waals surface area contributed by atoms with Crippen LogP contribution < -0.4 is 9.80 Å². The summed E-state index contributed by atoms with van der Waals surface area (Å²) in [5.74, 6) is 0. The molecule has 0 aliphatic carbocycles. The van der Waals surface area contributed by atoms with Gasteiger partial charge in [-0.15, -0.1) is 0 Å². The molecule has 196 valence electrons. The van der Waals surface area contributed by atoms with Crippen LogP contribution in [0.1, 0.15) is 5.56 Å². The van der Waals surface area contributed by atoms with E-state index in [9.17, 15) is 0 Å². The average Bonchev–Trinajstić information content (AvgIpc) is 3.03. The monoisotopic (exact) mass is 526 g/mol. The largest absolute Gasteiger partial charge is 0.310 e. The molecule has 0 radical (unpaired) electrons. The summed E-state index contributed by atoms with van der Waals surface area (Å²) < 4.78 is 0. The smallest absolute Gasteiger partial charge is 0.0540 e. The van der Waals surface area contributed by atoms with Gasteiger partial charge in [0.25, 0.3) is 0 Å². The van der Waals surface area contributed by atoms with Crippen molar-refractivity contribution in [2.45, 2.75) is 6.92 Å². The maximum atomic E-state index is 2.35. The second kappa shape index (κ2) is 10.7. The normalized spacial score (nSPS) is 11.0. The SMILES string of the molecule is Cc1ccc2c(N(c3ccccc3)c3ccc(N(c4ccccc4)c4cccc5ccccc45)cc3)cccc2c1. The van der Waals surface area contributed by atoms with Crippen LogP contribution in [0.15, 0.2) is 164 Å². The fourth-order valence-corrected chi connectivity index (χ4v) is 5.74. The number of nitrogens with zero attached hydrogens (tertiary/aromatic N) is 2. The van der Waals surface area contributed by atoms with Crippen molar-refractivity contribution in [1.82, 2.24) is 0 Å². The van der Waals surface area contributed by atoms with Gasteiger partial charge in [-0.05, 0) is 78.4 Å². The molecule has 0 fully saturated rings. The van der Waals surface area contributed by atoms with E-state index in [4.69, 9.17) is 0 Å². The van der Waals surface area contributed by atoms with Gasteiger partial charge in [0.1, 0.15) is 0 Å². The van der Waals surface area contributed by atoms with Crippen molar-refractivity contribution in [1.29, 1.82) is 0 Å². The molecule has 0 unspecified atom stereocenters. The topological polar surface area (TPSA) is 6.48 Å². The summed E-state index contributed by atoms with van der Waals surface area (Å²) in [7, 11) is 0.